The predicted octanol–water partition coefficient (Wildman–Crippen LogP) is 1.02. The lowest BCUT2D eigenvalue weighted by Gasteiger charge is -2.23. The van der Waals surface area contributed by atoms with E-state index in [9.17, 15) is 0 Å². The summed E-state index contributed by atoms with van der Waals surface area (Å²) in [5, 5.41) is 0. The normalized spacial score (nSPS) is 24.6. The van der Waals surface area contributed by atoms with Crippen LogP contribution in [0.5, 0.6) is 0 Å². The molecule has 0 aromatic carbocycles. The van der Waals surface area contributed by atoms with Gasteiger partial charge in [0.1, 0.15) is 12.1 Å². The molecule has 0 aromatic rings. The van der Waals surface area contributed by atoms with Crippen LogP contribution in [-0.2, 0) is 9.47 Å². The summed E-state index contributed by atoms with van der Waals surface area (Å²) in [6.45, 7) is 0.984. The van der Waals surface area contributed by atoms with Crippen molar-refractivity contribution < 1.29 is 9.47 Å². The third-order valence-corrected chi connectivity index (χ3v) is 2.28. The largest absolute Gasteiger partial charge is 0.471 e. The number of allylic oxidation sites excluding steroid dienone is 2. The number of fused-ring (bicyclic) bond motifs is 1. The Morgan fingerprint density at radius 3 is 3.38 bits per heavy atom. The Morgan fingerprint density at radius 2 is 2.38 bits per heavy atom. The lowest BCUT2D eigenvalue weighted by atomic mass is 10.0. The molecular weight excluding hydrogens is 168 g/mol. The summed E-state index contributed by atoms with van der Waals surface area (Å²) in [5.74, 6) is 0.985. The summed E-state index contributed by atoms with van der Waals surface area (Å²) >= 11 is 0. The summed E-state index contributed by atoms with van der Waals surface area (Å²) < 4.78 is 10.5. The van der Waals surface area contributed by atoms with Crippen molar-refractivity contribution in [1.29, 1.82) is 0 Å². The first kappa shape index (κ1) is 7.03. The fourth-order valence-electron chi connectivity index (χ4n) is 1.60. The first-order valence-electron chi connectivity index (χ1n) is 4.17. The molecule has 0 atom stereocenters. The Balaban J connectivity index is 2.03. The first-order valence-corrected chi connectivity index (χ1v) is 4.17. The highest BCUT2D eigenvalue weighted by Gasteiger charge is 2.24. The molecule has 2 heterocycles. The van der Waals surface area contributed by atoms with Gasteiger partial charge in [-0.2, -0.15) is 0 Å². The molecule has 0 saturated heterocycles. The molecule has 4 heteroatoms. The maximum atomic E-state index is 5.37. The fourth-order valence-corrected chi connectivity index (χ4v) is 1.60. The molecule has 1 aliphatic carbocycles. The first-order chi connectivity index (χ1) is 6.43. The van der Waals surface area contributed by atoms with Crippen LogP contribution in [0.4, 0.5) is 0 Å². The summed E-state index contributed by atoms with van der Waals surface area (Å²) in [6.07, 6.45) is 4.32. The van der Waals surface area contributed by atoms with Gasteiger partial charge in [0.25, 0.3) is 0 Å². The van der Waals surface area contributed by atoms with E-state index in [1.165, 1.54) is 0 Å². The van der Waals surface area contributed by atoms with E-state index in [2.05, 4.69) is 9.98 Å². The van der Waals surface area contributed by atoms with Crippen molar-refractivity contribution in [2.24, 2.45) is 9.98 Å². The summed E-state index contributed by atoms with van der Waals surface area (Å²) in [5.41, 5.74) is 3.05. The van der Waals surface area contributed by atoms with E-state index in [0.29, 0.717) is 13.4 Å². The average Bonchev–Trinajstić information content (AvgIpc) is 2.61. The monoisotopic (exact) mass is 176 g/mol. The molecule has 3 aliphatic rings. The number of ether oxygens (including phenoxy) is 2. The second kappa shape index (κ2) is 2.53. The van der Waals surface area contributed by atoms with Crippen LogP contribution < -0.4 is 0 Å². The molecule has 0 bridgehead atoms. The smallest absolute Gasteiger partial charge is 0.188 e. The van der Waals surface area contributed by atoms with E-state index in [-0.39, 0.29) is 0 Å². The van der Waals surface area contributed by atoms with Gasteiger partial charge in [0.15, 0.2) is 6.79 Å². The van der Waals surface area contributed by atoms with Crippen LogP contribution in [0.25, 0.3) is 0 Å². The summed E-state index contributed by atoms with van der Waals surface area (Å²) in [6, 6.07) is 0. The van der Waals surface area contributed by atoms with Gasteiger partial charge in [0.2, 0.25) is 0 Å². The van der Waals surface area contributed by atoms with Crippen molar-refractivity contribution in [2.45, 2.75) is 6.42 Å². The molecule has 0 N–H and O–H groups in total. The topological polar surface area (TPSA) is 43.2 Å². The van der Waals surface area contributed by atoms with Crippen molar-refractivity contribution in [3.8, 4) is 0 Å². The molecule has 0 fully saturated rings. The zero-order valence-corrected chi connectivity index (χ0v) is 6.99. The Hall–Kier alpha value is -1.42. The molecule has 0 aromatic heterocycles. The minimum absolute atomic E-state index is 0.357. The average molecular weight is 176 g/mol. The Kier molecular flexibility index (Phi) is 1.37. The molecule has 13 heavy (non-hydrogen) atoms. The van der Waals surface area contributed by atoms with Crippen molar-refractivity contribution in [3.63, 3.8) is 0 Å². The SMILES string of the molecule is C1=NC2=CC3=C(CC2=N1)OCOC3. The number of rotatable bonds is 0. The lowest BCUT2D eigenvalue weighted by molar-refractivity contribution is -0.0353. The van der Waals surface area contributed by atoms with Gasteiger partial charge in [-0.3, -0.25) is 0 Å². The van der Waals surface area contributed by atoms with Crippen LogP contribution in [0.3, 0.4) is 0 Å². The van der Waals surface area contributed by atoms with Gasteiger partial charge in [0.05, 0.1) is 24.4 Å². The van der Waals surface area contributed by atoms with Crippen molar-refractivity contribution in [1.82, 2.24) is 0 Å². The highest BCUT2D eigenvalue weighted by molar-refractivity contribution is 6.09. The van der Waals surface area contributed by atoms with Crippen LogP contribution in [0, 0.1) is 0 Å². The quantitative estimate of drug-likeness (QED) is 0.553. The lowest BCUT2D eigenvalue weighted by Crippen LogP contribution is -2.19. The molecule has 0 amide bonds. The summed E-state index contributed by atoms with van der Waals surface area (Å²) in [7, 11) is 0. The minimum Gasteiger partial charge on any atom is -0.471 e. The molecule has 0 radical (unpaired) electrons. The van der Waals surface area contributed by atoms with Gasteiger partial charge in [-0.1, -0.05) is 0 Å². The zero-order valence-electron chi connectivity index (χ0n) is 6.99. The van der Waals surface area contributed by atoms with E-state index >= 15 is 0 Å². The summed E-state index contributed by atoms with van der Waals surface area (Å²) in [4.78, 5) is 8.29. The number of aliphatic imine (C=N–C) groups is 2. The molecule has 0 unspecified atom stereocenters. The second-order valence-corrected chi connectivity index (χ2v) is 3.09. The van der Waals surface area contributed by atoms with Gasteiger partial charge in [-0.25, -0.2) is 9.98 Å². The molecular formula is C9H8N2O2. The number of hydrogen-bond donors (Lipinski definition) is 0. The van der Waals surface area contributed by atoms with E-state index < -0.39 is 0 Å². The van der Waals surface area contributed by atoms with Crippen LogP contribution in [-0.4, -0.2) is 25.5 Å². The second-order valence-electron chi connectivity index (χ2n) is 3.09. The van der Waals surface area contributed by atoms with E-state index in [4.69, 9.17) is 9.47 Å². The molecule has 0 saturated carbocycles. The highest BCUT2D eigenvalue weighted by atomic mass is 16.7. The number of hydrogen-bond acceptors (Lipinski definition) is 4. The maximum Gasteiger partial charge on any atom is 0.188 e. The third kappa shape index (κ3) is 1.02. The Morgan fingerprint density at radius 1 is 1.38 bits per heavy atom. The molecule has 3 rings (SSSR count). The van der Waals surface area contributed by atoms with Crippen molar-refractivity contribution in [3.05, 3.63) is 23.1 Å². The van der Waals surface area contributed by atoms with Crippen LogP contribution in [0.1, 0.15) is 6.42 Å². The van der Waals surface area contributed by atoms with Gasteiger partial charge in [-0.05, 0) is 6.08 Å². The Labute approximate surface area is 75.3 Å². The fraction of sp³-hybridized carbons (Fsp3) is 0.333. The van der Waals surface area contributed by atoms with Crippen LogP contribution >= 0.6 is 0 Å². The van der Waals surface area contributed by atoms with Crippen molar-refractivity contribution in [2.75, 3.05) is 13.4 Å². The van der Waals surface area contributed by atoms with E-state index in [1.807, 2.05) is 6.08 Å². The third-order valence-electron chi connectivity index (χ3n) is 2.28. The predicted molar refractivity (Wildman–Crippen MR) is 47.6 cm³/mol. The van der Waals surface area contributed by atoms with Gasteiger partial charge < -0.3 is 9.47 Å². The minimum atomic E-state index is 0.357. The number of nitrogens with zero attached hydrogens (tertiary/aromatic N) is 2. The Bertz CT molecular complexity index is 377. The van der Waals surface area contributed by atoms with Crippen LogP contribution in [0.2, 0.25) is 0 Å². The molecule has 4 nitrogen and oxygen atoms in total. The highest BCUT2D eigenvalue weighted by Crippen LogP contribution is 2.27. The molecule has 2 aliphatic heterocycles. The van der Waals surface area contributed by atoms with Gasteiger partial charge >= 0.3 is 0 Å². The van der Waals surface area contributed by atoms with E-state index in [0.717, 1.165) is 29.2 Å². The molecule has 0 spiro atoms. The maximum absolute atomic E-state index is 5.37. The van der Waals surface area contributed by atoms with Gasteiger partial charge in [-0.15, -0.1) is 0 Å². The molecule has 66 valence electrons. The van der Waals surface area contributed by atoms with E-state index in [1.54, 1.807) is 6.34 Å². The van der Waals surface area contributed by atoms with Gasteiger partial charge in [0, 0.05) is 5.57 Å². The standard InChI is InChI=1S/C9H8N2O2/c1-6-3-12-5-13-9(6)2-8-7(1)10-4-11-8/h1,4H,2-3,5H2. The van der Waals surface area contributed by atoms with Crippen LogP contribution in [0.15, 0.2) is 33.1 Å². The zero-order chi connectivity index (χ0) is 8.67. The van der Waals surface area contributed by atoms with Crippen molar-refractivity contribution >= 4 is 12.1 Å².